The lowest BCUT2D eigenvalue weighted by atomic mass is 10.1. The van der Waals surface area contributed by atoms with Gasteiger partial charge in [0.1, 0.15) is 0 Å². The van der Waals surface area contributed by atoms with Crippen LogP contribution in [0.1, 0.15) is 53.7 Å². The Morgan fingerprint density at radius 1 is 1.28 bits per heavy atom. The molecule has 0 atom stereocenters. The quantitative estimate of drug-likeness (QED) is 0.547. The van der Waals surface area contributed by atoms with Gasteiger partial charge in [0.15, 0.2) is 5.01 Å². The standard InChI is InChI=1S/C12H16F3NOS/c1-2-3-4-5-6-7-9-8-16-11(18-9)10(17)12(13,14)15/h8H,2-7H2,1H3. The molecule has 0 unspecified atom stereocenters. The van der Waals surface area contributed by atoms with Gasteiger partial charge in [-0.05, 0) is 12.8 Å². The third-order valence-corrected chi connectivity index (χ3v) is 3.59. The van der Waals surface area contributed by atoms with Crippen molar-refractivity contribution < 1.29 is 18.0 Å². The van der Waals surface area contributed by atoms with Crippen LogP contribution in [0.15, 0.2) is 6.20 Å². The molecule has 0 bridgehead atoms. The van der Waals surface area contributed by atoms with Crippen LogP contribution in [0.3, 0.4) is 0 Å². The van der Waals surface area contributed by atoms with Crippen molar-refractivity contribution in [1.82, 2.24) is 4.98 Å². The number of carbonyl (C=O) groups is 1. The molecule has 0 radical (unpaired) electrons. The van der Waals surface area contributed by atoms with Crippen molar-refractivity contribution in [3.63, 3.8) is 0 Å². The Bertz CT molecular complexity index is 387. The second kappa shape index (κ2) is 6.87. The summed E-state index contributed by atoms with van der Waals surface area (Å²) in [5.41, 5.74) is 0. The Balaban J connectivity index is 2.42. The van der Waals surface area contributed by atoms with Gasteiger partial charge >= 0.3 is 6.18 Å². The first-order valence-corrected chi connectivity index (χ1v) is 6.83. The Morgan fingerprint density at radius 3 is 2.56 bits per heavy atom. The van der Waals surface area contributed by atoms with Crippen LogP contribution in [0.4, 0.5) is 13.2 Å². The lowest BCUT2D eigenvalue weighted by Crippen LogP contribution is -2.22. The third-order valence-electron chi connectivity index (χ3n) is 2.53. The van der Waals surface area contributed by atoms with E-state index >= 15 is 0 Å². The number of halogens is 3. The van der Waals surface area contributed by atoms with E-state index in [1.165, 1.54) is 12.6 Å². The van der Waals surface area contributed by atoms with Crippen molar-refractivity contribution in [2.24, 2.45) is 0 Å². The Hall–Kier alpha value is -0.910. The highest BCUT2D eigenvalue weighted by Gasteiger charge is 2.41. The van der Waals surface area contributed by atoms with E-state index in [-0.39, 0.29) is 0 Å². The molecule has 0 spiro atoms. The number of Topliss-reactive ketones (excluding diaryl/α,β-unsaturated/α-hetero) is 1. The van der Waals surface area contributed by atoms with Gasteiger partial charge in [-0.25, -0.2) is 4.98 Å². The van der Waals surface area contributed by atoms with Crippen molar-refractivity contribution in [2.75, 3.05) is 0 Å². The number of hydrogen-bond acceptors (Lipinski definition) is 3. The first kappa shape index (κ1) is 15.1. The van der Waals surface area contributed by atoms with E-state index in [4.69, 9.17) is 0 Å². The zero-order chi connectivity index (χ0) is 13.6. The average Bonchev–Trinajstić information content (AvgIpc) is 2.75. The average molecular weight is 279 g/mol. The monoisotopic (exact) mass is 279 g/mol. The first-order valence-electron chi connectivity index (χ1n) is 6.01. The molecule has 0 fully saturated rings. The maximum atomic E-state index is 12.2. The highest BCUT2D eigenvalue weighted by molar-refractivity contribution is 7.13. The maximum absolute atomic E-state index is 12.2. The Morgan fingerprint density at radius 2 is 1.94 bits per heavy atom. The van der Waals surface area contributed by atoms with Crippen molar-refractivity contribution in [2.45, 2.75) is 51.6 Å². The zero-order valence-corrected chi connectivity index (χ0v) is 11.0. The number of carbonyl (C=O) groups excluding carboxylic acids is 1. The molecule has 0 aliphatic carbocycles. The smallest absolute Gasteiger partial charge is 0.281 e. The SMILES string of the molecule is CCCCCCCc1cnc(C(=O)C(F)(F)F)s1. The van der Waals surface area contributed by atoms with Gasteiger partial charge in [-0.1, -0.05) is 32.6 Å². The molecule has 0 aliphatic heterocycles. The molecule has 18 heavy (non-hydrogen) atoms. The van der Waals surface area contributed by atoms with E-state index in [0.717, 1.165) is 41.9 Å². The van der Waals surface area contributed by atoms with Gasteiger partial charge in [0.25, 0.3) is 5.78 Å². The highest BCUT2D eigenvalue weighted by atomic mass is 32.1. The molecule has 1 rings (SSSR count). The van der Waals surface area contributed by atoms with Crippen LogP contribution >= 0.6 is 11.3 Å². The summed E-state index contributed by atoms with van der Waals surface area (Å²) < 4.78 is 36.5. The van der Waals surface area contributed by atoms with Crippen molar-refractivity contribution in [3.8, 4) is 0 Å². The maximum Gasteiger partial charge on any atom is 0.457 e. The van der Waals surface area contributed by atoms with Crippen LogP contribution in [0.5, 0.6) is 0 Å². The van der Waals surface area contributed by atoms with Crippen LogP contribution in [0, 0.1) is 0 Å². The van der Waals surface area contributed by atoms with Gasteiger partial charge in [-0.2, -0.15) is 13.2 Å². The summed E-state index contributed by atoms with van der Waals surface area (Å²) in [6, 6.07) is 0. The number of thiazole rings is 1. The summed E-state index contributed by atoms with van der Waals surface area (Å²) in [6.07, 6.45) is 2.73. The van der Waals surface area contributed by atoms with Crippen LogP contribution in [-0.4, -0.2) is 16.9 Å². The van der Waals surface area contributed by atoms with Gasteiger partial charge in [-0.15, -0.1) is 11.3 Å². The highest BCUT2D eigenvalue weighted by Crippen LogP contribution is 2.25. The van der Waals surface area contributed by atoms with Gasteiger partial charge < -0.3 is 0 Å². The first-order chi connectivity index (χ1) is 8.45. The number of aryl methyl sites for hydroxylation is 1. The third kappa shape index (κ3) is 4.76. The van der Waals surface area contributed by atoms with Crippen LogP contribution in [0.25, 0.3) is 0 Å². The lowest BCUT2D eigenvalue weighted by molar-refractivity contribution is -0.0885. The molecule has 0 saturated carbocycles. The number of rotatable bonds is 7. The van der Waals surface area contributed by atoms with Crippen LogP contribution in [0.2, 0.25) is 0 Å². The number of unbranched alkanes of at least 4 members (excludes halogenated alkanes) is 4. The van der Waals surface area contributed by atoms with E-state index in [0.29, 0.717) is 6.42 Å². The Labute approximate surface area is 108 Å². The molecule has 0 N–H and O–H groups in total. The fourth-order valence-corrected chi connectivity index (χ4v) is 2.47. The zero-order valence-electron chi connectivity index (χ0n) is 10.2. The topological polar surface area (TPSA) is 30.0 Å². The fourth-order valence-electron chi connectivity index (χ4n) is 1.55. The summed E-state index contributed by atoms with van der Waals surface area (Å²) in [5.74, 6) is -1.84. The van der Waals surface area contributed by atoms with Gasteiger partial charge in [0.05, 0.1) is 0 Å². The molecule has 6 heteroatoms. The van der Waals surface area contributed by atoms with E-state index in [1.54, 1.807) is 0 Å². The van der Waals surface area contributed by atoms with E-state index in [1.807, 2.05) is 0 Å². The summed E-state index contributed by atoms with van der Waals surface area (Å²) in [5, 5.41) is -0.453. The molecule has 0 aromatic carbocycles. The predicted octanol–water partition coefficient (Wildman–Crippen LogP) is 4.40. The van der Waals surface area contributed by atoms with E-state index in [9.17, 15) is 18.0 Å². The molecule has 1 aromatic rings. The lowest BCUT2D eigenvalue weighted by Gasteiger charge is -2.00. The van der Waals surface area contributed by atoms with E-state index in [2.05, 4.69) is 11.9 Å². The molecular formula is C12H16F3NOS. The minimum absolute atomic E-state index is 0.453. The summed E-state index contributed by atoms with van der Waals surface area (Å²) in [4.78, 5) is 15.2. The Kier molecular flexibility index (Phi) is 5.78. The number of alkyl halides is 3. The second-order valence-corrected chi connectivity index (χ2v) is 5.24. The normalized spacial score (nSPS) is 11.8. The minimum Gasteiger partial charge on any atom is -0.281 e. The van der Waals surface area contributed by atoms with E-state index < -0.39 is 17.0 Å². The molecule has 2 nitrogen and oxygen atoms in total. The second-order valence-electron chi connectivity index (χ2n) is 4.12. The van der Waals surface area contributed by atoms with Crippen molar-refractivity contribution in [3.05, 3.63) is 16.1 Å². The number of nitrogens with zero attached hydrogens (tertiary/aromatic N) is 1. The molecular weight excluding hydrogens is 263 g/mol. The van der Waals surface area contributed by atoms with Gasteiger partial charge in [-0.3, -0.25) is 4.79 Å². The predicted molar refractivity (Wildman–Crippen MR) is 65.0 cm³/mol. The fraction of sp³-hybridized carbons (Fsp3) is 0.667. The number of aromatic nitrogens is 1. The molecule has 1 aromatic heterocycles. The van der Waals surface area contributed by atoms with Gasteiger partial charge in [0, 0.05) is 11.1 Å². The number of hydrogen-bond donors (Lipinski definition) is 0. The molecule has 0 saturated heterocycles. The van der Waals surface area contributed by atoms with Gasteiger partial charge in [0.2, 0.25) is 0 Å². The van der Waals surface area contributed by atoms with Crippen LogP contribution < -0.4 is 0 Å². The minimum atomic E-state index is -4.82. The molecule has 0 aliphatic rings. The largest absolute Gasteiger partial charge is 0.457 e. The summed E-state index contributed by atoms with van der Waals surface area (Å²) >= 11 is 0.851. The molecule has 102 valence electrons. The number of ketones is 1. The van der Waals surface area contributed by atoms with Crippen molar-refractivity contribution in [1.29, 1.82) is 0 Å². The molecule has 1 heterocycles. The summed E-state index contributed by atoms with van der Waals surface area (Å²) in [7, 11) is 0. The molecule has 0 amide bonds. The van der Waals surface area contributed by atoms with Crippen molar-refractivity contribution >= 4 is 17.1 Å². The van der Waals surface area contributed by atoms with Crippen LogP contribution in [-0.2, 0) is 6.42 Å². The summed E-state index contributed by atoms with van der Waals surface area (Å²) in [6.45, 7) is 2.12.